The van der Waals surface area contributed by atoms with Crippen LogP contribution in [-0.2, 0) is 16.2 Å². The first kappa shape index (κ1) is 50.7. The zero-order valence-electron chi connectivity index (χ0n) is 78.0. The summed E-state index contributed by atoms with van der Waals surface area (Å²) in [5, 5.41) is 2.57. The van der Waals surface area contributed by atoms with Crippen LogP contribution in [0, 0.1) is 0 Å². The third kappa shape index (κ3) is 10.5. The first-order valence-electron chi connectivity index (χ1n) is 45.3. The zero-order valence-corrected chi connectivity index (χ0v) is 62.0. The van der Waals surface area contributed by atoms with Gasteiger partial charge in [0.1, 0.15) is 0 Å². The van der Waals surface area contributed by atoms with Gasteiger partial charge in [-0.05, 0) is 172 Å². The summed E-state index contributed by atoms with van der Waals surface area (Å²) in [6.45, 7) is 19.5. The standard InChI is InChI=1S/C104H83BN4/c1-102(2,3)71-59-83(66-34-14-10-15-35-66)100(84(60-71)67-36-16-11-17-37-67)108-93-58-70(97-79-46-22-24-48-81(79)99(82-49-25-23-47-80(82)97)107-91-52-32-28-44-77(91)78-45-29-33-53-92(78)107)54-56-87(93)105-88-57-55-74(106-89-50-30-26-42-75(89)76-43-27-31-51-90(76)106)65-94(88)109(96-64-73(104(7,8)9)63-95(108)98(96)105)101-85(68-38-18-12-19-39-68)61-72(103(4,5)6)62-86(101)69-40-20-13-21-41-69/h10-65H,1-9H3/i26D,27D,28D,29D,30D,31D,32D,33D,42D,43D,44D,45D,50D,51D,52D,53D. The van der Waals surface area contributed by atoms with Gasteiger partial charge in [-0.3, -0.25) is 0 Å². The maximum atomic E-state index is 9.93. The Hall–Kier alpha value is -12.7. The van der Waals surface area contributed by atoms with Gasteiger partial charge in [0.25, 0.3) is 6.71 Å². The number of benzene rings is 16. The van der Waals surface area contributed by atoms with Gasteiger partial charge in [-0.2, -0.15) is 0 Å². The highest BCUT2D eigenvalue weighted by Crippen LogP contribution is 2.57. The van der Waals surface area contributed by atoms with Crippen molar-refractivity contribution in [2.75, 3.05) is 9.80 Å². The quantitative estimate of drug-likeness (QED) is 0.106. The fraction of sp³-hybridized carbons (Fsp3) is 0.115. The number of aromatic nitrogens is 2. The third-order valence-electron chi connectivity index (χ3n) is 22.4. The molecule has 0 radical (unpaired) electrons. The van der Waals surface area contributed by atoms with Crippen LogP contribution in [0.4, 0.5) is 34.1 Å². The normalized spacial score (nSPS) is 15.0. The van der Waals surface area contributed by atoms with E-state index in [-0.39, 0.29) is 49.0 Å². The maximum Gasteiger partial charge on any atom is 0.252 e. The molecular weight excluding hydrogens is 1320 g/mol. The Morgan fingerprint density at radius 2 is 0.587 bits per heavy atom. The van der Waals surface area contributed by atoms with E-state index in [0.29, 0.717) is 27.8 Å². The van der Waals surface area contributed by atoms with E-state index in [1.807, 2.05) is 84.9 Å². The molecule has 522 valence electrons. The molecule has 18 aromatic rings. The van der Waals surface area contributed by atoms with Crippen molar-refractivity contribution in [1.29, 1.82) is 0 Å². The molecule has 0 saturated heterocycles. The van der Waals surface area contributed by atoms with E-state index in [1.165, 1.54) is 0 Å². The van der Waals surface area contributed by atoms with Crippen LogP contribution >= 0.6 is 0 Å². The molecule has 2 aromatic heterocycles. The Labute approximate surface area is 661 Å². The third-order valence-corrected chi connectivity index (χ3v) is 22.4. The summed E-state index contributed by atoms with van der Waals surface area (Å²) >= 11 is 0. The average Bonchev–Trinajstić information content (AvgIpc) is 1.57. The van der Waals surface area contributed by atoms with Crippen molar-refractivity contribution in [3.63, 3.8) is 0 Å². The molecule has 20 rings (SSSR count). The number of hydrogen-bond acceptors (Lipinski definition) is 2. The molecule has 0 unspecified atom stereocenters. The van der Waals surface area contributed by atoms with E-state index in [9.17, 15) is 16.4 Å². The van der Waals surface area contributed by atoms with Gasteiger partial charge in [0.05, 0.1) is 61.1 Å². The number of anilines is 6. The predicted molar refractivity (Wildman–Crippen MR) is 467 cm³/mol. The summed E-state index contributed by atoms with van der Waals surface area (Å²) in [7, 11) is 0. The van der Waals surface area contributed by atoms with Crippen molar-refractivity contribution in [2.45, 2.75) is 78.6 Å². The second-order valence-electron chi connectivity index (χ2n) is 32.0. The average molecular weight is 1420 g/mol. The molecule has 4 nitrogen and oxygen atoms in total. The van der Waals surface area contributed by atoms with Crippen LogP contribution in [0.2, 0.25) is 0 Å². The van der Waals surface area contributed by atoms with E-state index in [2.05, 4.69) is 230 Å². The van der Waals surface area contributed by atoms with Crippen molar-refractivity contribution in [3.05, 3.63) is 356 Å². The summed E-state index contributed by atoms with van der Waals surface area (Å²) in [4.78, 5) is 4.91. The molecule has 0 amide bonds. The van der Waals surface area contributed by atoms with Crippen molar-refractivity contribution >= 4 is 122 Å². The van der Waals surface area contributed by atoms with Crippen LogP contribution < -0.4 is 26.2 Å². The number of para-hydroxylation sites is 4. The molecule has 16 aromatic carbocycles. The number of fused-ring (bicyclic) bond motifs is 12. The van der Waals surface area contributed by atoms with Gasteiger partial charge in [-0.25, -0.2) is 0 Å². The molecule has 0 aliphatic carbocycles. The maximum absolute atomic E-state index is 9.93. The van der Waals surface area contributed by atoms with Gasteiger partial charge in [0.15, 0.2) is 0 Å². The first-order chi connectivity index (χ1) is 59.7. The monoisotopic (exact) mass is 1410 g/mol. The lowest BCUT2D eigenvalue weighted by Gasteiger charge is -2.47. The van der Waals surface area contributed by atoms with Crippen LogP contribution in [0.25, 0.3) is 132 Å². The molecule has 0 atom stereocenters. The van der Waals surface area contributed by atoms with Gasteiger partial charge in [0, 0.05) is 83.0 Å². The fourth-order valence-electron chi connectivity index (χ4n) is 17.1. The Morgan fingerprint density at radius 1 is 0.266 bits per heavy atom. The van der Waals surface area contributed by atoms with E-state index >= 15 is 0 Å². The Balaban J connectivity index is 0.983. The van der Waals surface area contributed by atoms with E-state index in [0.717, 1.165) is 128 Å². The zero-order chi connectivity index (χ0) is 87.7. The molecule has 5 heteroatoms. The molecule has 2 aliphatic rings. The molecule has 2 aliphatic heterocycles. The molecular formula is C104H83BN4. The van der Waals surface area contributed by atoms with Crippen molar-refractivity contribution in [3.8, 4) is 67.0 Å². The van der Waals surface area contributed by atoms with E-state index in [4.69, 9.17) is 5.48 Å². The Kier molecular flexibility index (Phi) is 11.6. The highest BCUT2D eigenvalue weighted by atomic mass is 15.2. The molecule has 0 fully saturated rings. The summed E-state index contributed by atoms with van der Waals surface area (Å²) in [6.07, 6.45) is 0. The Morgan fingerprint density at radius 3 is 0.963 bits per heavy atom. The SMILES string of the molecule is [2H]c1c([2H])c([2H])c2c(c1[2H])c1c([2H])c([2H])c([2H])c([2H])c1n2-c1ccc2c(c1)N(c1c(-c3ccccc3)cc(C(C)(C)C)cc1-c1ccccc1)c1cc(C(C)(C)C)cc3c1B2c1ccc(-c2c4ccccc4c(-n4c5c([2H])c([2H])c([2H])c([2H])c5c5c([2H])c([2H])c([2H])c([2H])c54)c4ccccc24)cc1N3c1c(-c2ccccc2)cc(C(C)(C)C)cc1-c1ccccc1. The van der Waals surface area contributed by atoms with Crippen molar-refractivity contribution in [1.82, 2.24) is 9.13 Å². The highest BCUT2D eigenvalue weighted by Gasteiger charge is 2.47. The van der Waals surface area contributed by atoms with E-state index in [1.54, 1.807) is 9.13 Å². The van der Waals surface area contributed by atoms with Gasteiger partial charge >= 0.3 is 0 Å². The molecule has 109 heavy (non-hydrogen) atoms. The van der Waals surface area contributed by atoms with Gasteiger partial charge in [-0.1, -0.05) is 323 Å². The second kappa shape index (κ2) is 25.0. The summed E-state index contributed by atoms with van der Waals surface area (Å²) in [5.41, 5.74) is 19.3. The van der Waals surface area contributed by atoms with Crippen LogP contribution in [0.3, 0.4) is 0 Å². The fourth-order valence-corrected chi connectivity index (χ4v) is 17.1. The predicted octanol–water partition coefficient (Wildman–Crippen LogP) is 26.5. The topological polar surface area (TPSA) is 16.3 Å². The summed E-state index contributed by atoms with van der Waals surface area (Å²) in [6, 6.07) is 77.0. The molecule has 0 N–H and O–H groups in total. The number of rotatable bonds is 9. The number of nitrogens with zero attached hydrogens (tertiary/aromatic N) is 4. The minimum atomic E-state index is -0.656. The molecule has 4 heterocycles. The number of hydrogen-bond donors (Lipinski definition) is 0. The van der Waals surface area contributed by atoms with Crippen LogP contribution in [0.5, 0.6) is 0 Å². The lowest BCUT2D eigenvalue weighted by atomic mass is 9.33. The van der Waals surface area contributed by atoms with Crippen molar-refractivity contribution < 1.29 is 21.9 Å². The largest absolute Gasteiger partial charge is 0.310 e. The smallest absolute Gasteiger partial charge is 0.252 e. The molecule has 0 saturated carbocycles. The minimum Gasteiger partial charge on any atom is -0.310 e. The lowest BCUT2D eigenvalue weighted by Crippen LogP contribution is -2.61. The first-order valence-corrected chi connectivity index (χ1v) is 37.3. The molecule has 0 bridgehead atoms. The van der Waals surface area contributed by atoms with Gasteiger partial charge in [0.2, 0.25) is 0 Å². The lowest BCUT2D eigenvalue weighted by molar-refractivity contribution is 0.590. The van der Waals surface area contributed by atoms with Gasteiger partial charge < -0.3 is 18.9 Å². The second-order valence-corrected chi connectivity index (χ2v) is 32.0. The summed E-state index contributed by atoms with van der Waals surface area (Å²) < 4.78 is 155. The van der Waals surface area contributed by atoms with Crippen LogP contribution in [0.1, 0.15) is 101 Å². The molecule has 0 spiro atoms. The van der Waals surface area contributed by atoms with E-state index < -0.39 is 114 Å². The highest BCUT2D eigenvalue weighted by molar-refractivity contribution is 7.00. The summed E-state index contributed by atoms with van der Waals surface area (Å²) in [5.74, 6) is 0. The van der Waals surface area contributed by atoms with Gasteiger partial charge in [-0.15, -0.1) is 0 Å². The Bertz CT molecular complexity index is 7410. The van der Waals surface area contributed by atoms with Crippen molar-refractivity contribution in [2.24, 2.45) is 0 Å². The minimum absolute atomic E-state index is 0.00260. The van der Waals surface area contributed by atoms with Crippen LogP contribution in [-0.4, -0.2) is 15.8 Å². The van der Waals surface area contributed by atoms with Crippen LogP contribution in [0.15, 0.2) is 339 Å².